The van der Waals surface area contributed by atoms with E-state index in [4.69, 9.17) is 0 Å². The maximum Gasteiger partial charge on any atom is 0.0678 e. The minimum absolute atomic E-state index is 0.701. The Morgan fingerprint density at radius 3 is 2.74 bits per heavy atom. The Morgan fingerprint density at radius 2 is 2.11 bits per heavy atom. The van der Waals surface area contributed by atoms with E-state index in [0.717, 1.165) is 6.54 Å². The van der Waals surface area contributed by atoms with Crippen molar-refractivity contribution in [3.8, 4) is 5.69 Å². The molecule has 3 nitrogen and oxygen atoms in total. The second-order valence-electron chi connectivity index (χ2n) is 5.56. The van der Waals surface area contributed by atoms with E-state index in [2.05, 4.69) is 47.1 Å². The lowest BCUT2D eigenvalue weighted by Gasteiger charge is -2.12. The zero-order chi connectivity index (χ0) is 13.4. The van der Waals surface area contributed by atoms with Crippen molar-refractivity contribution in [1.29, 1.82) is 0 Å². The van der Waals surface area contributed by atoms with Crippen molar-refractivity contribution in [2.75, 3.05) is 7.05 Å². The Labute approximate surface area is 114 Å². The summed E-state index contributed by atoms with van der Waals surface area (Å²) in [5.41, 5.74) is 6.55. The predicted molar refractivity (Wildman–Crippen MR) is 77.8 cm³/mol. The molecule has 1 heterocycles. The van der Waals surface area contributed by atoms with E-state index in [1.165, 1.54) is 40.9 Å². The van der Waals surface area contributed by atoms with Gasteiger partial charge >= 0.3 is 0 Å². The number of hydrogen-bond donors (Lipinski definition) is 1. The Balaban J connectivity index is 2.09. The Hall–Kier alpha value is -1.61. The molecule has 0 amide bonds. The van der Waals surface area contributed by atoms with Crippen LogP contribution in [0, 0.1) is 13.8 Å². The van der Waals surface area contributed by atoms with Crippen molar-refractivity contribution in [3.05, 3.63) is 46.8 Å². The van der Waals surface area contributed by atoms with Gasteiger partial charge in [-0.3, -0.25) is 0 Å². The van der Waals surface area contributed by atoms with Gasteiger partial charge in [0.25, 0.3) is 0 Å². The Bertz CT molecular complexity index is 594. The highest BCUT2D eigenvalue weighted by atomic mass is 15.3. The van der Waals surface area contributed by atoms with Crippen LogP contribution in [0.3, 0.4) is 0 Å². The summed E-state index contributed by atoms with van der Waals surface area (Å²) in [6, 6.07) is 6.58. The quantitative estimate of drug-likeness (QED) is 0.910. The summed E-state index contributed by atoms with van der Waals surface area (Å²) < 4.78 is 2.15. The molecular formula is C16H21N3. The van der Waals surface area contributed by atoms with Gasteiger partial charge in [-0.2, -0.15) is 5.10 Å². The van der Waals surface area contributed by atoms with Crippen LogP contribution in [-0.4, -0.2) is 16.8 Å². The van der Waals surface area contributed by atoms with Gasteiger partial charge < -0.3 is 5.32 Å². The van der Waals surface area contributed by atoms with Crippen molar-refractivity contribution in [2.45, 2.75) is 39.2 Å². The molecule has 2 aromatic rings. The molecule has 0 saturated heterocycles. The second kappa shape index (κ2) is 4.82. The average Bonchev–Trinajstić information content (AvgIpc) is 3.12. The number of benzene rings is 1. The van der Waals surface area contributed by atoms with Gasteiger partial charge in [0, 0.05) is 18.0 Å². The maximum atomic E-state index is 4.63. The molecule has 1 aromatic heterocycles. The summed E-state index contributed by atoms with van der Waals surface area (Å²) in [6.45, 7) is 5.20. The van der Waals surface area contributed by atoms with Crippen LogP contribution in [0.2, 0.25) is 0 Å². The van der Waals surface area contributed by atoms with Gasteiger partial charge in [0.1, 0.15) is 0 Å². The highest BCUT2D eigenvalue weighted by Crippen LogP contribution is 2.42. The number of aryl methyl sites for hydroxylation is 2. The summed E-state index contributed by atoms with van der Waals surface area (Å²) in [7, 11) is 1.99. The van der Waals surface area contributed by atoms with Gasteiger partial charge in [-0.15, -0.1) is 0 Å². The average molecular weight is 255 g/mol. The lowest BCUT2D eigenvalue weighted by Crippen LogP contribution is -2.09. The summed E-state index contributed by atoms with van der Waals surface area (Å²) >= 11 is 0. The van der Waals surface area contributed by atoms with Crippen LogP contribution < -0.4 is 5.32 Å². The zero-order valence-electron chi connectivity index (χ0n) is 11.9. The first-order chi connectivity index (χ1) is 9.20. The maximum absolute atomic E-state index is 4.63. The van der Waals surface area contributed by atoms with E-state index < -0.39 is 0 Å². The monoisotopic (exact) mass is 255 g/mol. The van der Waals surface area contributed by atoms with Crippen molar-refractivity contribution in [1.82, 2.24) is 15.1 Å². The smallest absolute Gasteiger partial charge is 0.0678 e. The minimum Gasteiger partial charge on any atom is -0.316 e. The third kappa shape index (κ3) is 2.30. The van der Waals surface area contributed by atoms with Gasteiger partial charge in [-0.25, -0.2) is 4.68 Å². The number of aromatic nitrogens is 2. The Morgan fingerprint density at radius 1 is 1.32 bits per heavy atom. The van der Waals surface area contributed by atoms with Gasteiger partial charge in [0.15, 0.2) is 0 Å². The third-order valence-corrected chi connectivity index (χ3v) is 3.80. The van der Waals surface area contributed by atoms with Crippen LogP contribution in [-0.2, 0) is 6.54 Å². The van der Waals surface area contributed by atoms with Crippen LogP contribution in [0.15, 0.2) is 24.4 Å². The van der Waals surface area contributed by atoms with E-state index in [0.29, 0.717) is 5.92 Å². The van der Waals surface area contributed by atoms with Crippen LogP contribution in [0.5, 0.6) is 0 Å². The van der Waals surface area contributed by atoms with Crippen molar-refractivity contribution < 1.29 is 0 Å². The first-order valence-corrected chi connectivity index (χ1v) is 6.99. The first kappa shape index (κ1) is 12.4. The Kier molecular flexibility index (Phi) is 3.15. The number of hydrogen-bond acceptors (Lipinski definition) is 2. The van der Waals surface area contributed by atoms with E-state index in [1.54, 1.807) is 0 Å². The van der Waals surface area contributed by atoms with Crippen molar-refractivity contribution in [2.24, 2.45) is 0 Å². The topological polar surface area (TPSA) is 29.9 Å². The lowest BCUT2D eigenvalue weighted by atomic mass is 10.1. The second-order valence-corrected chi connectivity index (χ2v) is 5.56. The number of nitrogens with one attached hydrogen (secondary N) is 1. The largest absolute Gasteiger partial charge is 0.316 e. The van der Waals surface area contributed by atoms with Gasteiger partial charge in [-0.05, 0) is 45.4 Å². The highest BCUT2D eigenvalue weighted by Gasteiger charge is 2.30. The fourth-order valence-corrected chi connectivity index (χ4v) is 2.75. The standard InChI is InChI=1S/C16H21N3/c1-11-4-7-15(12(2)8-11)19-16(13-5-6-13)14(9-17-3)10-18-19/h4,7-8,10,13,17H,5-6,9H2,1-3H3. The van der Waals surface area contributed by atoms with E-state index >= 15 is 0 Å². The van der Waals surface area contributed by atoms with Crippen molar-refractivity contribution >= 4 is 0 Å². The van der Waals surface area contributed by atoms with Crippen LogP contribution in [0.4, 0.5) is 0 Å². The van der Waals surface area contributed by atoms with Crippen LogP contribution in [0.1, 0.15) is 41.1 Å². The molecular weight excluding hydrogens is 234 g/mol. The molecule has 0 radical (unpaired) electrons. The molecule has 0 atom stereocenters. The van der Waals surface area contributed by atoms with Crippen molar-refractivity contribution in [3.63, 3.8) is 0 Å². The lowest BCUT2D eigenvalue weighted by molar-refractivity contribution is 0.772. The molecule has 0 spiro atoms. The van der Waals surface area contributed by atoms with Crippen LogP contribution >= 0.6 is 0 Å². The van der Waals surface area contributed by atoms with Crippen LogP contribution in [0.25, 0.3) is 5.69 Å². The molecule has 19 heavy (non-hydrogen) atoms. The molecule has 1 N–H and O–H groups in total. The molecule has 1 aromatic carbocycles. The molecule has 0 bridgehead atoms. The van der Waals surface area contributed by atoms with Gasteiger partial charge in [0.2, 0.25) is 0 Å². The molecule has 1 aliphatic rings. The zero-order valence-corrected chi connectivity index (χ0v) is 11.9. The van der Waals surface area contributed by atoms with E-state index in [-0.39, 0.29) is 0 Å². The highest BCUT2D eigenvalue weighted by molar-refractivity contribution is 5.45. The normalized spacial score (nSPS) is 14.9. The first-order valence-electron chi connectivity index (χ1n) is 6.99. The molecule has 0 unspecified atom stereocenters. The molecule has 1 aliphatic carbocycles. The summed E-state index contributed by atoms with van der Waals surface area (Å²) in [6.07, 6.45) is 4.62. The summed E-state index contributed by atoms with van der Waals surface area (Å²) in [5, 5.41) is 7.88. The molecule has 1 saturated carbocycles. The third-order valence-electron chi connectivity index (χ3n) is 3.80. The predicted octanol–water partition coefficient (Wildman–Crippen LogP) is 3.09. The SMILES string of the molecule is CNCc1cnn(-c2ccc(C)cc2C)c1C1CC1. The molecule has 100 valence electrons. The van der Waals surface area contributed by atoms with Gasteiger partial charge in [-0.1, -0.05) is 17.7 Å². The van der Waals surface area contributed by atoms with E-state index in [9.17, 15) is 0 Å². The van der Waals surface area contributed by atoms with E-state index in [1.807, 2.05) is 13.2 Å². The van der Waals surface area contributed by atoms with Gasteiger partial charge in [0.05, 0.1) is 17.6 Å². The minimum atomic E-state index is 0.701. The number of nitrogens with zero attached hydrogens (tertiary/aromatic N) is 2. The fraction of sp³-hybridized carbons (Fsp3) is 0.438. The fourth-order valence-electron chi connectivity index (χ4n) is 2.75. The molecule has 1 fully saturated rings. The molecule has 3 rings (SSSR count). The number of rotatable bonds is 4. The summed E-state index contributed by atoms with van der Waals surface area (Å²) in [4.78, 5) is 0. The summed E-state index contributed by atoms with van der Waals surface area (Å²) in [5.74, 6) is 0.701. The molecule has 3 heteroatoms. The molecule has 0 aliphatic heterocycles.